The van der Waals surface area contributed by atoms with Crippen molar-refractivity contribution in [2.45, 2.75) is 32.4 Å². The number of alkyl halides is 3. The molecule has 0 atom stereocenters. The van der Waals surface area contributed by atoms with Crippen LogP contribution >= 0.6 is 11.6 Å². The third kappa shape index (κ3) is 7.15. The summed E-state index contributed by atoms with van der Waals surface area (Å²) in [6.45, 7) is 4.31. The molecule has 3 N–H and O–H groups in total. The van der Waals surface area contributed by atoms with Crippen LogP contribution in [0.5, 0.6) is 5.75 Å². The number of carboxylic acids is 1. The van der Waals surface area contributed by atoms with E-state index >= 15 is 0 Å². The van der Waals surface area contributed by atoms with Crippen LogP contribution in [0.25, 0.3) is 22.2 Å². The molecule has 0 saturated carbocycles. The molecule has 0 bridgehead atoms. The Morgan fingerprint density at radius 2 is 1.81 bits per heavy atom. The van der Waals surface area contributed by atoms with Crippen molar-refractivity contribution in [1.29, 1.82) is 0 Å². The van der Waals surface area contributed by atoms with E-state index in [2.05, 4.69) is 10.3 Å². The lowest BCUT2D eigenvalue weighted by atomic mass is 10.0. The maximum atomic E-state index is 10.6. The van der Waals surface area contributed by atoms with E-state index in [-0.39, 0.29) is 5.75 Å². The third-order valence-corrected chi connectivity index (χ3v) is 4.57. The van der Waals surface area contributed by atoms with E-state index in [9.17, 15) is 18.3 Å². The van der Waals surface area contributed by atoms with E-state index in [1.165, 1.54) is 32.4 Å². The lowest BCUT2D eigenvalue weighted by Gasteiger charge is -2.08. The molecule has 0 amide bonds. The summed E-state index contributed by atoms with van der Waals surface area (Å²) in [7, 11) is 0. The highest BCUT2D eigenvalue weighted by molar-refractivity contribution is 6.31. The molecule has 1 aliphatic heterocycles. The molecular weight excluding hydrogens is 437 g/mol. The maximum Gasteiger partial charge on any atom is 0.490 e. The average Bonchev–Trinajstić information content (AvgIpc) is 3.21. The number of carboxylic acid groups (broad SMARTS) is 1. The number of piperidine rings is 1. The molecule has 31 heavy (non-hydrogen) atoms. The van der Waals surface area contributed by atoms with Gasteiger partial charge in [0, 0.05) is 28.4 Å². The van der Waals surface area contributed by atoms with Crippen LogP contribution in [0.4, 0.5) is 13.2 Å². The highest BCUT2D eigenvalue weighted by Gasteiger charge is 2.38. The zero-order valence-electron chi connectivity index (χ0n) is 16.7. The SMILES string of the molecule is C1CCNCC1.Cc1cc(Cl)cc(-c2ccnc3ccoc23)c1O.O=C(O)C(F)(F)F. The quantitative estimate of drug-likeness (QED) is 0.442. The molecule has 3 heterocycles. The minimum absolute atomic E-state index is 0.211. The number of nitrogens with zero attached hydrogens (tertiary/aromatic N) is 1. The zero-order valence-corrected chi connectivity index (χ0v) is 17.4. The summed E-state index contributed by atoms with van der Waals surface area (Å²) in [4.78, 5) is 13.1. The number of aromatic nitrogens is 1. The fourth-order valence-electron chi connectivity index (χ4n) is 2.83. The molecule has 0 spiro atoms. The molecule has 1 fully saturated rings. The van der Waals surface area contributed by atoms with E-state index in [0.29, 0.717) is 16.2 Å². The Morgan fingerprint density at radius 3 is 2.32 bits per heavy atom. The standard InChI is InChI=1S/C14H10ClNO2.C5H11N.C2HF3O2/c1-8-6-9(15)7-11(13(8)17)10-2-4-16-12-3-5-18-14(10)12;1-2-4-6-5-3-1;3-2(4,5)1(6)7/h2-7,17H,1H3;6H,1-5H2;(H,6,7). The number of nitrogens with one attached hydrogen (secondary N) is 1. The van der Waals surface area contributed by atoms with Crippen LogP contribution in [0, 0.1) is 6.92 Å². The Balaban J connectivity index is 0.000000216. The number of halogens is 4. The molecule has 0 aliphatic carbocycles. The van der Waals surface area contributed by atoms with Crippen molar-refractivity contribution in [1.82, 2.24) is 10.3 Å². The summed E-state index contributed by atoms with van der Waals surface area (Å²) in [6, 6.07) is 7.03. The van der Waals surface area contributed by atoms with Crippen molar-refractivity contribution in [2.75, 3.05) is 13.1 Å². The van der Waals surface area contributed by atoms with Gasteiger partial charge < -0.3 is 19.9 Å². The summed E-state index contributed by atoms with van der Waals surface area (Å²) >= 11 is 6.04. The number of pyridine rings is 1. The molecule has 2 aromatic heterocycles. The molecule has 3 aromatic rings. The second-order valence-electron chi connectivity index (χ2n) is 6.73. The van der Waals surface area contributed by atoms with Crippen LogP contribution in [0.3, 0.4) is 0 Å². The van der Waals surface area contributed by atoms with Gasteiger partial charge in [0.15, 0.2) is 5.58 Å². The van der Waals surface area contributed by atoms with E-state index in [1.54, 1.807) is 36.7 Å². The normalized spacial score (nSPS) is 13.6. The summed E-state index contributed by atoms with van der Waals surface area (Å²) in [5.41, 5.74) is 3.57. The first-order valence-electron chi connectivity index (χ1n) is 9.43. The Hall–Kier alpha value is -2.78. The number of phenolic OH excluding ortho intramolecular Hbond substituents is 1. The van der Waals surface area contributed by atoms with Gasteiger partial charge in [0.1, 0.15) is 11.3 Å². The van der Waals surface area contributed by atoms with Gasteiger partial charge in [-0.25, -0.2) is 4.79 Å². The van der Waals surface area contributed by atoms with Crippen LogP contribution in [0.1, 0.15) is 24.8 Å². The summed E-state index contributed by atoms with van der Waals surface area (Å²) in [5.74, 6) is -2.55. The van der Waals surface area contributed by atoms with Crippen LogP contribution in [0.15, 0.2) is 41.1 Å². The van der Waals surface area contributed by atoms with Crippen LogP contribution in [-0.4, -0.2) is 40.4 Å². The monoisotopic (exact) mass is 458 g/mol. The van der Waals surface area contributed by atoms with Gasteiger partial charge in [-0.15, -0.1) is 0 Å². The van der Waals surface area contributed by atoms with Crippen LogP contribution in [0.2, 0.25) is 5.02 Å². The minimum atomic E-state index is -5.08. The highest BCUT2D eigenvalue weighted by Crippen LogP contribution is 2.38. The number of phenols is 1. The fourth-order valence-corrected chi connectivity index (χ4v) is 3.10. The van der Waals surface area contributed by atoms with Crippen LogP contribution in [-0.2, 0) is 4.79 Å². The second kappa shape index (κ2) is 11.0. The van der Waals surface area contributed by atoms with Gasteiger partial charge in [0.05, 0.1) is 6.26 Å². The summed E-state index contributed by atoms with van der Waals surface area (Å²) < 4.78 is 37.2. The number of fused-ring (bicyclic) bond motifs is 1. The van der Waals surface area contributed by atoms with Gasteiger partial charge in [0.2, 0.25) is 0 Å². The number of hydrogen-bond acceptors (Lipinski definition) is 5. The van der Waals surface area contributed by atoms with Crippen molar-refractivity contribution in [3.8, 4) is 16.9 Å². The topological polar surface area (TPSA) is 95.6 Å². The van der Waals surface area contributed by atoms with E-state index in [1.807, 2.05) is 6.92 Å². The first-order chi connectivity index (χ1) is 14.6. The number of benzene rings is 1. The first kappa shape index (κ1) is 24.5. The van der Waals surface area contributed by atoms with Crippen molar-refractivity contribution in [3.05, 3.63) is 47.3 Å². The van der Waals surface area contributed by atoms with Gasteiger partial charge in [0.25, 0.3) is 0 Å². The van der Waals surface area contributed by atoms with Crippen molar-refractivity contribution < 1.29 is 32.6 Å². The fraction of sp³-hybridized carbons (Fsp3) is 0.333. The summed E-state index contributed by atoms with van der Waals surface area (Å²) in [6.07, 6.45) is 2.39. The van der Waals surface area contributed by atoms with Gasteiger partial charge >= 0.3 is 12.1 Å². The molecule has 1 aromatic carbocycles. The lowest BCUT2D eigenvalue weighted by molar-refractivity contribution is -0.192. The summed E-state index contributed by atoms with van der Waals surface area (Å²) in [5, 5.41) is 21.1. The number of aliphatic carboxylic acids is 1. The largest absolute Gasteiger partial charge is 0.507 e. The number of aryl methyl sites for hydroxylation is 1. The molecule has 168 valence electrons. The molecule has 4 rings (SSSR count). The van der Waals surface area contributed by atoms with E-state index in [0.717, 1.165) is 16.6 Å². The Labute approximate surface area is 181 Å². The molecule has 0 radical (unpaired) electrons. The van der Waals surface area contributed by atoms with Gasteiger partial charge in [-0.2, -0.15) is 13.2 Å². The van der Waals surface area contributed by atoms with Crippen molar-refractivity contribution >= 4 is 28.7 Å². The Kier molecular flexibility index (Phi) is 8.70. The average molecular weight is 459 g/mol. The zero-order chi connectivity index (χ0) is 23.0. The lowest BCUT2D eigenvalue weighted by Crippen LogP contribution is -2.21. The predicted molar refractivity (Wildman–Crippen MR) is 111 cm³/mol. The van der Waals surface area contributed by atoms with Gasteiger partial charge in [-0.05, 0) is 56.6 Å². The van der Waals surface area contributed by atoms with E-state index in [4.69, 9.17) is 25.9 Å². The van der Waals surface area contributed by atoms with Gasteiger partial charge in [-0.1, -0.05) is 18.0 Å². The molecule has 1 saturated heterocycles. The molecule has 10 heteroatoms. The Morgan fingerprint density at radius 1 is 1.16 bits per heavy atom. The molecule has 1 aliphatic rings. The number of rotatable bonds is 1. The van der Waals surface area contributed by atoms with Crippen LogP contribution < -0.4 is 5.32 Å². The molecule has 6 nitrogen and oxygen atoms in total. The molecule has 0 unspecified atom stereocenters. The van der Waals surface area contributed by atoms with Crippen molar-refractivity contribution in [2.24, 2.45) is 0 Å². The number of aromatic hydroxyl groups is 1. The second-order valence-corrected chi connectivity index (χ2v) is 7.16. The number of carbonyl (C=O) groups is 1. The molecular formula is C21H22ClF3N2O4. The van der Waals surface area contributed by atoms with Gasteiger partial charge in [-0.3, -0.25) is 4.98 Å². The number of furan rings is 1. The predicted octanol–water partition coefficient (Wildman–Crippen LogP) is 5.56. The maximum absolute atomic E-state index is 10.6. The third-order valence-electron chi connectivity index (χ3n) is 4.35. The minimum Gasteiger partial charge on any atom is -0.507 e. The first-order valence-corrected chi connectivity index (χ1v) is 9.81. The van der Waals surface area contributed by atoms with E-state index < -0.39 is 12.1 Å². The Bertz CT molecular complexity index is 1010. The number of hydrogen-bond donors (Lipinski definition) is 3. The smallest absolute Gasteiger partial charge is 0.490 e. The van der Waals surface area contributed by atoms with Crippen molar-refractivity contribution in [3.63, 3.8) is 0 Å². The highest BCUT2D eigenvalue weighted by atomic mass is 35.5.